The van der Waals surface area contributed by atoms with E-state index in [1.165, 1.54) is 11.1 Å². The number of nitrogens with zero attached hydrogens (tertiary/aromatic N) is 3. The van der Waals surface area contributed by atoms with Crippen molar-refractivity contribution in [1.29, 1.82) is 0 Å². The van der Waals surface area contributed by atoms with Gasteiger partial charge in [0.15, 0.2) is 0 Å². The van der Waals surface area contributed by atoms with Gasteiger partial charge in [-0.15, -0.1) is 10.2 Å². The van der Waals surface area contributed by atoms with E-state index in [-0.39, 0.29) is 0 Å². The molecule has 0 amide bonds. The first-order chi connectivity index (χ1) is 8.72. The van der Waals surface area contributed by atoms with Crippen LogP contribution in [0.5, 0.6) is 0 Å². The zero-order valence-corrected chi connectivity index (χ0v) is 10.4. The van der Waals surface area contributed by atoms with Crippen LogP contribution < -0.4 is 5.73 Å². The number of hydrogen-bond donors (Lipinski definition) is 1. The summed E-state index contributed by atoms with van der Waals surface area (Å²) in [5.41, 5.74) is 9.49. The maximum Gasteiger partial charge on any atom is 0.230 e. The van der Waals surface area contributed by atoms with Crippen molar-refractivity contribution in [2.75, 3.05) is 12.3 Å². The van der Waals surface area contributed by atoms with E-state index in [9.17, 15) is 0 Å². The Hall–Kier alpha value is -1.88. The molecule has 2 N–H and O–H groups in total. The van der Waals surface area contributed by atoms with Crippen molar-refractivity contribution in [3.05, 3.63) is 41.1 Å². The van der Waals surface area contributed by atoms with Crippen LogP contribution in [0, 0.1) is 6.92 Å². The smallest absolute Gasteiger partial charge is 0.230 e. The number of anilines is 1. The van der Waals surface area contributed by atoms with Crippen molar-refractivity contribution in [2.45, 2.75) is 26.4 Å². The number of hydrogen-bond acceptors (Lipinski definition) is 5. The predicted octanol–water partition coefficient (Wildman–Crippen LogP) is 1.52. The molecule has 94 valence electrons. The number of nitrogens with two attached hydrogens (primary N) is 1. The first-order valence-electron chi connectivity index (χ1n) is 6.10. The van der Waals surface area contributed by atoms with Crippen molar-refractivity contribution >= 4 is 5.69 Å². The molecule has 0 radical (unpaired) electrons. The molecule has 5 heteroatoms. The molecule has 0 saturated heterocycles. The minimum absolute atomic E-state index is 0.613. The van der Waals surface area contributed by atoms with Crippen molar-refractivity contribution in [1.82, 2.24) is 15.1 Å². The van der Waals surface area contributed by atoms with Gasteiger partial charge in [0.25, 0.3) is 0 Å². The van der Waals surface area contributed by atoms with Crippen LogP contribution in [-0.4, -0.2) is 21.6 Å². The highest BCUT2D eigenvalue weighted by molar-refractivity contribution is 5.51. The summed E-state index contributed by atoms with van der Waals surface area (Å²) in [6.07, 6.45) is 1.02. The zero-order chi connectivity index (χ0) is 12.5. The molecule has 1 aliphatic heterocycles. The van der Waals surface area contributed by atoms with Gasteiger partial charge in [0.1, 0.15) is 0 Å². The highest BCUT2D eigenvalue weighted by atomic mass is 16.4. The van der Waals surface area contributed by atoms with E-state index >= 15 is 0 Å². The van der Waals surface area contributed by atoms with Gasteiger partial charge in [-0.2, -0.15) is 0 Å². The van der Waals surface area contributed by atoms with Crippen molar-refractivity contribution < 1.29 is 4.42 Å². The van der Waals surface area contributed by atoms with E-state index in [2.05, 4.69) is 21.2 Å². The molecule has 0 aliphatic carbocycles. The van der Waals surface area contributed by atoms with E-state index in [4.69, 9.17) is 10.2 Å². The average molecular weight is 244 g/mol. The lowest BCUT2D eigenvalue weighted by Crippen LogP contribution is -2.30. The minimum Gasteiger partial charge on any atom is -0.424 e. The molecule has 2 heterocycles. The minimum atomic E-state index is 0.613. The van der Waals surface area contributed by atoms with Crippen LogP contribution in [0.2, 0.25) is 0 Å². The summed E-state index contributed by atoms with van der Waals surface area (Å²) >= 11 is 0. The summed E-state index contributed by atoms with van der Waals surface area (Å²) in [5.74, 6) is 1.28. The lowest BCUT2D eigenvalue weighted by Gasteiger charge is -2.28. The summed E-state index contributed by atoms with van der Waals surface area (Å²) < 4.78 is 5.41. The van der Waals surface area contributed by atoms with Gasteiger partial charge in [0.2, 0.25) is 11.8 Å². The van der Waals surface area contributed by atoms with Crippen LogP contribution in [0.4, 0.5) is 5.69 Å². The maximum atomic E-state index is 6.02. The Morgan fingerprint density at radius 2 is 2.28 bits per heavy atom. The zero-order valence-electron chi connectivity index (χ0n) is 10.4. The van der Waals surface area contributed by atoms with Crippen molar-refractivity contribution in [3.8, 4) is 0 Å². The summed E-state index contributed by atoms with van der Waals surface area (Å²) in [6.45, 7) is 4.34. The molecule has 5 nitrogen and oxygen atoms in total. The highest BCUT2D eigenvalue weighted by Gasteiger charge is 2.19. The lowest BCUT2D eigenvalue weighted by atomic mass is 9.98. The number of nitrogen functional groups attached to an aromatic ring is 1. The summed E-state index contributed by atoms with van der Waals surface area (Å²) in [7, 11) is 0. The first-order valence-corrected chi connectivity index (χ1v) is 6.10. The fraction of sp³-hybridized carbons (Fsp3) is 0.385. The van der Waals surface area contributed by atoms with E-state index in [1.807, 2.05) is 12.1 Å². The average Bonchev–Trinajstić information content (AvgIpc) is 2.76. The number of fused-ring (bicyclic) bond motifs is 1. The summed E-state index contributed by atoms with van der Waals surface area (Å²) in [4.78, 5) is 2.28. The van der Waals surface area contributed by atoms with Crippen LogP contribution in [0.1, 0.15) is 22.9 Å². The molecule has 0 unspecified atom stereocenters. The van der Waals surface area contributed by atoms with Gasteiger partial charge in [0.05, 0.1) is 6.54 Å². The van der Waals surface area contributed by atoms with Gasteiger partial charge in [-0.25, -0.2) is 0 Å². The Morgan fingerprint density at radius 3 is 3.06 bits per heavy atom. The number of benzene rings is 1. The normalized spacial score (nSPS) is 15.6. The number of rotatable bonds is 2. The Bertz CT molecular complexity index is 564. The third kappa shape index (κ3) is 2.09. The molecule has 3 rings (SSSR count). The molecule has 1 aromatic carbocycles. The van der Waals surface area contributed by atoms with E-state index < -0.39 is 0 Å². The van der Waals surface area contributed by atoms with Crippen LogP contribution >= 0.6 is 0 Å². The van der Waals surface area contributed by atoms with Gasteiger partial charge in [0, 0.05) is 25.7 Å². The second kappa shape index (κ2) is 4.42. The van der Waals surface area contributed by atoms with E-state index in [0.29, 0.717) is 18.3 Å². The Morgan fingerprint density at radius 1 is 1.39 bits per heavy atom. The molecular weight excluding hydrogens is 228 g/mol. The Balaban J connectivity index is 1.76. The number of aryl methyl sites for hydroxylation is 1. The van der Waals surface area contributed by atoms with Gasteiger partial charge < -0.3 is 10.2 Å². The fourth-order valence-corrected chi connectivity index (χ4v) is 2.39. The van der Waals surface area contributed by atoms with Crippen LogP contribution in [0.3, 0.4) is 0 Å². The molecule has 2 aromatic rings. The molecule has 0 saturated carbocycles. The topological polar surface area (TPSA) is 68.2 Å². The standard InChI is InChI=1S/C13H16N4O/c1-9-15-16-13(18-9)8-17-6-5-10-3-2-4-12(14)11(10)7-17/h2-4H,5-8,14H2,1H3. The monoisotopic (exact) mass is 244 g/mol. The van der Waals surface area contributed by atoms with Crippen LogP contribution in [-0.2, 0) is 19.5 Å². The van der Waals surface area contributed by atoms with Crippen molar-refractivity contribution in [3.63, 3.8) is 0 Å². The largest absolute Gasteiger partial charge is 0.424 e. The molecule has 0 spiro atoms. The van der Waals surface area contributed by atoms with Gasteiger partial charge in [-0.05, 0) is 23.6 Å². The van der Waals surface area contributed by atoms with Gasteiger partial charge in [-0.1, -0.05) is 12.1 Å². The van der Waals surface area contributed by atoms with E-state index in [1.54, 1.807) is 6.92 Å². The third-order valence-electron chi connectivity index (χ3n) is 3.32. The SMILES string of the molecule is Cc1nnc(CN2CCc3cccc(N)c3C2)o1. The second-order valence-electron chi connectivity index (χ2n) is 4.66. The maximum absolute atomic E-state index is 6.02. The lowest BCUT2D eigenvalue weighted by molar-refractivity contribution is 0.220. The van der Waals surface area contributed by atoms with Crippen LogP contribution in [0.15, 0.2) is 22.6 Å². The van der Waals surface area contributed by atoms with Gasteiger partial charge in [-0.3, -0.25) is 4.90 Å². The van der Waals surface area contributed by atoms with Crippen molar-refractivity contribution in [2.24, 2.45) is 0 Å². The molecule has 0 bridgehead atoms. The molecule has 1 aromatic heterocycles. The first kappa shape index (κ1) is 11.2. The fourth-order valence-electron chi connectivity index (χ4n) is 2.39. The number of aromatic nitrogens is 2. The highest BCUT2D eigenvalue weighted by Crippen LogP contribution is 2.24. The predicted molar refractivity (Wildman–Crippen MR) is 67.7 cm³/mol. The Labute approximate surface area is 106 Å². The molecule has 0 atom stereocenters. The van der Waals surface area contributed by atoms with Crippen LogP contribution in [0.25, 0.3) is 0 Å². The van der Waals surface area contributed by atoms with Gasteiger partial charge >= 0.3 is 0 Å². The molecule has 1 aliphatic rings. The second-order valence-corrected chi connectivity index (χ2v) is 4.66. The quantitative estimate of drug-likeness (QED) is 0.811. The molecular formula is C13H16N4O. The van der Waals surface area contributed by atoms with E-state index in [0.717, 1.165) is 25.2 Å². The molecule has 18 heavy (non-hydrogen) atoms. The summed E-state index contributed by atoms with van der Waals surface area (Å²) in [5, 5.41) is 7.87. The Kier molecular flexibility index (Phi) is 2.76. The summed E-state index contributed by atoms with van der Waals surface area (Å²) in [6, 6.07) is 6.13. The molecule has 0 fully saturated rings. The third-order valence-corrected chi connectivity index (χ3v) is 3.32.